The minimum Gasteiger partial charge on any atom is -0.302 e. The van der Waals surface area contributed by atoms with Crippen LogP contribution in [0.2, 0.25) is 0 Å². The fourth-order valence-corrected chi connectivity index (χ4v) is 6.02. The van der Waals surface area contributed by atoms with Crippen LogP contribution in [0.15, 0.2) is 28.5 Å². The number of nitrogens with one attached hydrogen (secondary N) is 1. The van der Waals surface area contributed by atoms with Crippen molar-refractivity contribution in [2.45, 2.75) is 24.7 Å². The Morgan fingerprint density at radius 1 is 1.26 bits per heavy atom. The maximum Gasteiger partial charge on any atom is 0.245 e. The SMILES string of the molecule is Cc1csc(NC(=O)C2CCN(S(=O)(=O)c3cccc4nsnc34)CC2)n1. The zero-order valence-corrected chi connectivity index (χ0v) is 16.9. The summed E-state index contributed by atoms with van der Waals surface area (Å²) in [5, 5.41) is 5.27. The zero-order chi connectivity index (χ0) is 19.0. The lowest BCUT2D eigenvalue weighted by molar-refractivity contribution is -0.120. The topological polar surface area (TPSA) is 105 Å². The summed E-state index contributed by atoms with van der Waals surface area (Å²) in [6.07, 6.45) is 0.946. The third kappa shape index (κ3) is 3.59. The molecule has 0 atom stereocenters. The molecule has 3 aromatic rings. The van der Waals surface area contributed by atoms with E-state index >= 15 is 0 Å². The van der Waals surface area contributed by atoms with Crippen LogP contribution in [-0.4, -0.2) is 45.5 Å². The van der Waals surface area contributed by atoms with Crippen LogP contribution in [0.5, 0.6) is 0 Å². The third-order valence-corrected chi connectivity index (χ3v) is 7.89. The number of amides is 1. The summed E-state index contributed by atoms with van der Waals surface area (Å²) in [6, 6.07) is 4.98. The number of benzene rings is 1. The van der Waals surface area contributed by atoms with Crippen molar-refractivity contribution in [1.29, 1.82) is 0 Å². The van der Waals surface area contributed by atoms with Crippen molar-refractivity contribution in [3.8, 4) is 0 Å². The van der Waals surface area contributed by atoms with E-state index in [1.807, 2.05) is 12.3 Å². The van der Waals surface area contributed by atoms with Gasteiger partial charge in [-0.25, -0.2) is 13.4 Å². The Bertz CT molecular complexity index is 1080. The number of anilines is 1. The molecule has 1 amide bonds. The average molecular weight is 424 g/mol. The number of hydrogen-bond donors (Lipinski definition) is 1. The summed E-state index contributed by atoms with van der Waals surface area (Å²) in [5.41, 5.74) is 1.84. The molecule has 0 bridgehead atoms. The van der Waals surface area contributed by atoms with E-state index in [0.717, 1.165) is 17.4 Å². The Labute approximate surface area is 164 Å². The molecule has 1 saturated heterocycles. The van der Waals surface area contributed by atoms with E-state index in [2.05, 4.69) is 19.0 Å². The van der Waals surface area contributed by atoms with Crippen molar-refractivity contribution in [2.75, 3.05) is 18.4 Å². The summed E-state index contributed by atoms with van der Waals surface area (Å²) < 4.78 is 35.7. The summed E-state index contributed by atoms with van der Waals surface area (Å²) >= 11 is 2.38. The van der Waals surface area contributed by atoms with Crippen molar-refractivity contribution in [1.82, 2.24) is 18.0 Å². The lowest BCUT2D eigenvalue weighted by atomic mass is 9.97. The summed E-state index contributed by atoms with van der Waals surface area (Å²) in [5.74, 6) is -0.329. The number of nitrogens with zero attached hydrogens (tertiary/aromatic N) is 4. The smallest absolute Gasteiger partial charge is 0.245 e. The number of carbonyl (C=O) groups is 1. The van der Waals surface area contributed by atoms with Crippen LogP contribution in [0.3, 0.4) is 0 Å². The van der Waals surface area contributed by atoms with Gasteiger partial charge in [0.1, 0.15) is 15.9 Å². The minimum atomic E-state index is -3.67. The standard InChI is InChI=1S/C16H17N5O3S3/c1-10-9-25-16(17-10)18-15(22)11-5-7-21(8-6-11)27(23,24)13-4-2-3-12-14(13)20-26-19-12/h2-4,9,11H,5-8H2,1H3,(H,17,18,22). The molecule has 0 radical (unpaired) electrons. The van der Waals surface area contributed by atoms with Crippen molar-refractivity contribution < 1.29 is 13.2 Å². The van der Waals surface area contributed by atoms with Crippen LogP contribution in [0.4, 0.5) is 5.13 Å². The van der Waals surface area contributed by atoms with Gasteiger partial charge in [-0.05, 0) is 31.9 Å². The molecule has 11 heteroatoms. The second-order valence-corrected chi connectivity index (χ2v) is 9.64. The Morgan fingerprint density at radius 2 is 2.04 bits per heavy atom. The first kappa shape index (κ1) is 18.4. The molecule has 4 rings (SSSR count). The number of fused-ring (bicyclic) bond motifs is 1. The second-order valence-electron chi connectivity index (χ2n) is 6.35. The molecule has 1 aromatic carbocycles. The van der Waals surface area contributed by atoms with E-state index in [4.69, 9.17) is 0 Å². The minimum absolute atomic E-state index is 0.104. The van der Waals surface area contributed by atoms with Gasteiger partial charge in [-0.2, -0.15) is 13.1 Å². The normalized spacial score (nSPS) is 16.6. The molecule has 142 valence electrons. The lowest BCUT2D eigenvalue weighted by Gasteiger charge is -2.30. The maximum absolute atomic E-state index is 13.0. The van der Waals surface area contributed by atoms with Crippen molar-refractivity contribution >= 4 is 55.2 Å². The van der Waals surface area contributed by atoms with E-state index < -0.39 is 10.0 Å². The largest absolute Gasteiger partial charge is 0.302 e. The van der Waals surface area contributed by atoms with E-state index in [1.165, 1.54) is 15.6 Å². The van der Waals surface area contributed by atoms with Gasteiger partial charge in [0.15, 0.2) is 5.13 Å². The molecule has 1 aliphatic heterocycles. The molecule has 0 unspecified atom stereocenters. The number of aromatic nitrogens is 3. The summed E-state index contributed by atoms with van der Waals surface area (Å²) in [6.45, 7) is 2.46. The fraction of sp³-hybridized carbons (Fsp3) is 0.375. The van der Waals surface area contributed by atoms with E-state index in [0.29, 0.717) is 42.1 Å². The number of hydrogen-bond acceptors (Lipinski definition) is 8. The monoisotopic (exact) mass is 423 g/mol. The number of thiazole rings is 1. The van der Waals surface area contributed by atoms with Crippen LogP contribution in [0.25, 0.3) is 11.0 Å². The van der Waals surface area contributed by atoms with Crippen LogP contribution in [0.1, 0.15) is 18.5 Å². The average Bonchev–Trinajstić information content (AvgIpc) is 3.30. The molecular formula is C16H17N5O3S3. The first-order valence-corrected chi connectivity index (χ1v) is 11.4. The van der Waals surface area contributed by atoms with E-state index in [-0.39, 0.29) is 16.7 Å². The first-order valence-electron chi connectivity index (χ1n) is 8.39. The third-order valence-electron chi connectivity index (χ3n) is 4.54. The highest BCUT2D eigenvalue weighted by molar-refractivity contribution is 7.89. The van der Waals surface area contributed by atoms with Gasteiger partial charge in [-0.15, -0.1) is 11.3 Å². The van der Waals surface area contributed by atoms with Gasteiger partial charge in [0.05, 0.1) is 17.4 Å². The highest BCUT2D eigenvalue weighted by atomic mass is 32.2. The zero-order valence-electron chi connectivity index (χ0n) is 14.5. The Hall–Kier alpha value is -1.95. The lowest BCUT2D eigenvalue weighted by Crippen LogP contribution is -2.41. The molecule has 27 heavy (non-hydrogen) atoms. The Kier molecular flexibility index (Phi) is 4.93. The Morgan fingerprint density at radius 3 is 2.74 bits per heavy atom. The molecule has 1 fully saturated rings. The molecular weight excluding hydrogens is 406 g/mol. The molecule has 3 heterocycles. The molecule has 1 aliphatic rings. The van der Waals surface area contributed by atoms with Gasteiger partial charge in [0, 0.05) is 24.4 Å². The van der Waals surface area contributed by atoms with E-state index in [1.54, 1.807) is 18.2 Å². The van der Waals surface area contributed by atoms with Gasteiger partial charge in [-0.3, -0.25) is 4.79 Å². The van der Waals surface area contributed by atoms with Gasteiger partial charge < -0.3 is 5.32 Å². The van der Waals surface area contributed by atoms with Crippen molar-refractivity contribution in [3.63, 3.8) is 0 Å². The van der Waals surface area contributed by atoms with E-state index in [9.17, 15) is 13.2 Å². The van der Waals surface area contributed by atoms with Crippen LogP contribution in [-0.2, 0) is 14.8 Å². The molecule has 0 saturated carbocycles. The number of piperidine rings is 1. The fourth-order valence-electron chi connectivity index (χ4n) is 3.11. The van der Waals surface area contributed by atoms with Gasteiger partial charge in [0.25, 0.3) is 0 Å². The highest BCUT2D eigenvalue weighted by Crippen LogP contribution is 2.28. The predicted octanol–water partition coefficient (Wildman–Crippen LogP) is 2.50. The second kappa shape index (κ2) is 7.23. The Balaban J connectivity index is 1.45. The maximum atomic E-state index is 13.0. The molecule has 8 nitrogen and oxygen atoms in total. The van der Waals surface area contributed by atoms with Crippen molar-refractivity contribution in [2.24, 2.45) is 5.92 Å². The molecule has 2 aromatic heterocycles. The van der Waals surface area contributed by atoms with Gasteiger partial charge in [-0.1, -0.05) is 6.07 Å². The van der Waals surface area contributed by atoms with Crippen LogP contribution >= 0.6 is 23.1 Å². The summed E-state index contributed by atoms with van der Waals surface area (Å²) in [4.78, 5) is 16.8. The number of sulfonamides is 1. The molecule has 1 N–H and O–H groups in total. The number of rotatable bonds is 4. The van der Waals surface area contributed by atoms with Gasteiger partial charge in [0.2, 0.25) is 15.9 Å². The quantitative estimate of drug-likeness (QED) is 0.691. The number of carbonyl (C=O) groups excluding carboxylic acids is 1. The van der Waals surface area contributed by atoms with Crippen molar-refractivity contribution in [3.05, 3.63) is 29.3 Å². The predicted molar refractivity (Wildman–Crippen MR) is 104 cm³/mol. The molecule has 0 aliphatic carbocycles. The number of aryl methyl sites for hydroxylation is 1. The van der Waals surface area contributed by atoms with Crippen LogP contribution < -0.4 is 5.32 Å². The van der Waals surface area contributed by atoms with Gasteiger partial charge >= 0.3 is 0 Å². The summed E-state index contributed by atoms with van der Waals surface area (Å²) in [7, 11) is -3.67. The molecule has 0 spiro atoms. The highest BCUT2D eigenvalue weighted by Gasteiger charge is 2.33. The van der Waals surface area contributed by atoms with Crippen LogP contribution in [0, 0.1) is 12.8 Å². The first-order chi connectivity index (χ1) is 12.9.